The van der Waals surface area contributed by atoms with Crippen LogP contribution in [0.3, 0.4) is 0 Å². The zero-order valence-corrected chi connectivity index (χ0v) is 15.2. The number of aromatic nitrogens is 1. The SMILES string of the molecule is COc1ccc(NC(=O)c2ccnc(C(=O)Nc3ccc(Cl)cc3)c2)cc1. The molecule has 0 saturated heterocycles. The minimum atomic E-state index is -0.420. The van der Waals surface area contributed by atoms with Crippen molar-refractivity contribution in [2.24, 2.45) is 0 Å². The van der Waals surface area contributed by atoms with Gasteiger partial charge in [0, 0.05) is 28.2 Å². The van der Waals surface area contributed by atoms with Gasteiger partial charge in [-0.2, -0.15) is 0 Å². The Balaban J connectivity index is 1.70. The average Bonchev–Trinajstić information content (AvgIpc) is 2.70. The van der Waals surface area contributed by atoms with Crippen LogP contribution >= 0.6 is 11.6 Å². The summed E-state index contributed by atoms with van der Waals surface area (Å²) in [4.78, 5) is 28.8. The number of rotatable bonds is 5. The fourth-order valence-corrected chi connectivity index (χ4v) is 2.43. The van der Waals surface area contributed by atoms with Crippen LogP contribution in [0.25, 0.3) is 0 Å². The third kappa shape index (κ3) is 4.83. The first kappa shape index (κ1) is 18.4. The maximum absolute atomic E-state index is 12.4. The number of benzene rings is 2. The van der Waals surface area contributed by atoms with E-state index in [0.717, 1.165) is 0 Å². The molecule has 2 amide bonds. The highest BCUT2D eigenvalue weighted by Gasteiger charge is 2.12. The summed E-state index contributed by atoms with van der Waals surface area (Å²) in [6.45, 7) is 0. The molecule has 0 fully saturated rings. The highest BCUT2D eigenvalue weighted by atomic mass is 35.5. The monoisotopic (exact) mass is 381 g/mol. The molecule has 0 aliphatic carbocycles. The summed E-state index contributed by atoms with van der Waals surface area (Å²) in [5, 5.41) is 6.04. The molecule has 27 heavy (non-hydrogen) atoms. The van der Waals surface area contributed by atoms with Crippen LogP contribution in [-0.4, -0.2) is 23.9 Å². The summed E-state index contributed by atoms with van der Waals surface area (Å²) in [5.41, 5.74) is 1.65. The number of hydrogen-bond donors (Lipinski definition) is 2. The highest BCUT2D eigenvalue weighted by molar-refractivity contribution is 6.30. The van der Waals surface area contributed by atoms with E-state index >= 15 is 0 Å². The van der Waals surface area contributed by atoms with Gasteiger partial charge >= 0.3 is 0 Å². The average molecular weight is 382 g/mol. The third-order valence-electron chi connectivity index (χ3n) is 3.70. The molecule has 3 aromatic rings. The molecule has 0 unspecified atom stereocenters. The van der Waals surface area contributed by atoms with Crippen molar-refractivity contribution in [3.05, 3.63) is 83.1 Å². The molecule has 0 aliphatic heterocycles. The molecule has 0 spiro atoms. The van der Waals surface area contributed by atoms with Gasteiger partial charge in [-0.25, -0.2) is 0 Å². The molecule has 0 aliphatic rings. The topological polar surface area (TPSA) is 80.3 Å². The molecule has 1 heterocycles. The number of pyridine rings is 1. The van der Waals surface area contributed by atoms with Crippen LogP contribution < -0.4 is 15.4 Å². The van der Waals surface area contributed by atoms with Crippen molar-refractivity contribution >= 4 is 34.8 Å². The molecule has 0 atom stereocenters. The Hall–Kier alpha value is -3.38. The van der Waals surface area contributed by atoms with Gasteiger partial charge in [-0.1, -0.05) is 11.6 Å². The van der Waals surface area contributed by atoms with Crippen LogP contribution in [0.5, 0.6) is 5.75 Å². The number of methoxy groups -OCH3 is 1. The predicted molar refractivity (Wildman–Crippen MR) is 105 cm³/mol. The number of carbonyl (C=O) groups is 2. The number of amides is 2. The van der Waals surface area contributed by atoms with Crippen molar-refractivity contribution in [2.75, 3.05) is 17.7 Å². The Bertz CT molecular complexity index is 957. The lowest BCUT2D eigenvalue weighted by Gasteiger charge is -2.08. The second kappa shape index (κ2) is 8.33. The lowest BCUT2D eigenvalue weighted by atomic mass is 10.2. The van der Waals surface area contributed by atoms with E-state index in [4.69, 9.17) is 16.3 Å². The molecule has 0 radical (unpaired) electrons. The van der Waals surface area contributed by atoms with E-state index in [-0.39, 0.29) is 11.6 Å². The summed E-state index contributed by atoms with van der Waals surface area (Å²) in [6.07, 6.45) is 1.42. The number of carbonyl (C=O) groups excluding carboxylic acids is 2. The van der Waals surface area contributed by atoms with E-state index < -0.39 is 5.91 Å². The van der Waals surface area contributed by atoms with Crippen LogP contribution in [-0.2, 0) is 0 Å². The predicted octanol–water partition coefficient (Wildman–Crippen LogP) is 4.25. The maximum atomic E-state index is 12.4. The van der Waals surface area contributed by atoms with Gasteiger partial charge in [-0.05, 0) is 60.7 Å². The zero-order chi connectivity index (χ0) is 19.2. The number of ether oxygens (including phenoxy) is 1. The van der Waals surface area contributed by atoms with E-state index in [1.807, 2.05) is 0 Å². The van der Waals surface area contributed by atoms with E-state index in [2.05, 4.69) is 15.6 Å². The van der Waals surface area contributed by atoms with Gasteiger partial charge in [0.2, 0.25) is 0 Å². The highest BCUT2D eigenvalue weighted by Crippen LogP contribution is 2.17. The Labute approximate surface area is 161 Å². The summed E-state index contributed by atoms with van der Waals surface area (Å²) in [5.74, 6) is -0.0717. The van der Waals surface area contributed by atoms with Gasteiger partial charge in [-0.3, -0.25) is 14.6 Å². The summed E-state index contributed by atoms with van der Waals surface area (Å²) in [7, 11) is 1.57. The van der Waals surface area contributed by atoms with E-state index in [1.54, 1.807) is 55.6 Å². The molecule has 2 aromatic carbocycles. The number of nitrogens with one attached hydrogen (secondary N) is 2. The van der Waals surface area contributed by atoms with Crippen molar-refractivity contribution < 1.29 is 14.3 Å². The molecule has 3 rings (SSSR count). The maximum Gasteiger partial charge on any atom is 0.274 e. The lowest BCUT2D eigenvalue weighted by Crippen LogP contribution is -2.17. The number of anilines is 2. The first-order valence-electron chi connectivity index (χ1n) is 8.03. The fraction of sp³-hybridized carbons (Fsp3) is 0.0500. The van der Waals surface area contributed by atoms with Gasteiger partial charge < -0.3 is 15.4 Å². The van der Waals surface area contributed by atoms with Crippen molar-refractivity contribution in [1.29, 1.82) is 0 Å². The van der Waals surface area contributed by atoms with Gasteiger partial charge in [0.25, 0.3) is 11.8 Å². The lowest BCUT2D eigenvalue weighted by molar-refractivity contribution is 0.102. The molecule has 1 aromatic heterocycles. The van der Waals surface area contributed by atoms with E-state index in [1.165, 1.54) is 18.3 Å². The van der Waals surface area contributed by atoms with Crippen LogP contribution in [0.2, 0.25) is 5.02 Å². The quantitative estimate of drug-likeness (QED) is 0.692. The summed E-state index contributed by atoms with van der Waals surface area (Å²) in [6, 6.07) is 16.6. The number of halogens is 1. The standard InChI is InChI=1S/C20H16ClN3O3/c1-27-17-8-6-16(7-9-17)23-19(25)13-10-11-22-18(12-13)20(26)24-15-4-2-14(21)3-5-15/h2-12H,1H3,(H,23,25)(H,24,26). The van der Waals surface area contributed by atoms with Gasteiger partial charge in [-0.15, -0.1) is 0 Å². The van der Waals surface area contributed by atoms with Gasteiger partial charge in [0.1, 0.15) is 11.4 Å². The van der Waals surface area contributed by atoms with Crippen LogP contribution in [0.1, 0.15) is 20.8 Å². The van der Waals surface area contributed by atoms with Crippen LogP contribution in [0.4, 0.5) is 11.4 Å². The molecule has 2 N–H and O–H groups in total. The molecule has 6 nitrogen and oxygen atoms in total. The Kier molecular flexibility index (Phi) is 5.68. The normalized spacial score (nSPS) is 10.1. The van der Waals surface area contributed by atoms with Gasteiger partial charge in [0.05, 0.1) is 7.11 Å². The Morgan fingerprint density at radius 1 is 0.889 bits per heavy atom. The molecule has 136 valence electrons. The van der Waals surface area contributed by atoms with Crippen LogP contribution in [0.15, 0.2) is 66.9 Å². The minimum Gasteiger partial charge on any atom is -0.497 e. The Morgan fingerprint density at radius 2 is 1.48 bits per heavy atom. The Morgan fingerprint density at radius 3 is 2.11 bits per heavy atom. The van der Waals surface area contributed by atoms with Crippen LogP contribution in [0, 0.1) is 0 Å². The second-order valence-corrected chi connectivity index (χ2v) is 6.01. The molecular weight excluding hydrogens is 366 g/mol. The van der Waals surface area contributed by atoms with E-state index in [0.29, 0.717) is 27.7 Å². The molecule has 0 bridgehead atoms. The summed E-state index contributed by atoms with van der Waals surface area (Å²) >= 11 is 5.83. The van der Waals surface area contributed by atoms with Crippen molar-refractivity contribution in [2.45, 2.75) is 0 Å². The smallest absolute Gasteiger partial charge is 0.274 e. The first-order chi connectivity index (χ1) is 13.0. The minimum absolute atomic E-state index is 0.132. The second-order valence-electron chi connectivity index (χ2n) is 5.57. The third-order valence-corrected chi connectivity index (χ3v) is 3.96. The summed E-state index contributed by atoms with van der Waals surface area (Å²) < 4.78 is 5.08. The van der Waals surface area contributed by atoms with E-state index in [9.17, 15) is 9.59 Å². The first-order valence-corrected chi connectivity index (χ1v) is 8.41. The zero-order valence-electron chi connectivity index (χ0n) is 14.4. The number of hydrogen-bond acceptors (Lipinski definition) is 4. The molecule has 0 saturated carbocycles. The van der Waals surface area contributed by atoms with Crippen molar-refractivity contribution in [1.82, 2.24) is 4.98 Å². The van der Waals surface area contributed by atoms with Crippen molar-refractivity contribution in [3.63, 3.8) is 0 Å². The molecule has 7 heteroatoms. The van der Waals surface area contributed by atoms with Gasteiger partial charge in [0.15, 0.2) is 0 Å². The van der Waals surface area contributed by atoms with Crippen molar-refractivity contribution in [3.8, 4) is 5.75 Å². The largest absolute Gasteiger partial charge is 0.497 e. The fourth-order valence-electron chi connectivity index (χ4n) is 2.30. The number of nitrogens with zero attached hydrogens (tertiary/aromatic N) is 1. The molecular formula is C20H16ClN3O3.